The second-order valence-electron chi connectivity index (χ2n) is 4.48. The summed E-state index contributed by atoms with van der Waals surface area (Å²) in [6, 6.07) is 0. The molecule has 0 spiro atoms. The molecule has 1 nitrogen and oxygen atoms in total. The minimum Gasteiger partial charge on any atom is -0.378 e. The Balaban J connectivity index is 1.43. The van der Waals surface area contributed by atoms with Crippen LogP contribution in [0.5, 0.6) is 0 Å². The topological polar surface area (TPSA) is 9.23 Å². The highest BCUT2D eigenvalue weighted by molar-refractivity contribution is 4.93. The molecule has 1 heteroatoms. The molecular formula is C12H21O. The molecule has 0 N–H and O–H groups in total. The van der Waals surface area contributed by atoms with Crippen molar-refractivity contribution in [2.75, 3.05) is 6.61 Å². The summed E-state index contributed by atoms with van der Waals surface area (Å²) in [5.74, 6) is 1.80. The van der Waals surface area contributed by atoms with Gasteiger partial charge in [-0.2, -0.15) is 0 Å². The third kappa shape index (κ3) is 2.98. The van der Waals surface area contributed by atoms with Gasteiger partial charge in [-0.1, -0.05) is 12.8 Å². The zero-order valence-corrected chi connectivity index (χ0v) is 8.56. The van der Waals surface area contributed by atoms with Crippen molar-refractivity contribution >= 4 is 0 Å². The fraction of sp³-hybridized carbons (Fsp3) is 0.917. The van der Waals surface area contributed by atoms with Crippen LogP contribution in [0.3, 0.4) is 0 Å². The van der Waals surface area contributed by atoms with Gasteiger partial charge in [0.15, 0.2) is 0 Å². The summed E-state index contributed by atoms with van der Waals surface area (Å²) in [5.41, 5.74) is 0. The molecule has 0 amide bonds. The maximum atomic E-state index is 5.72. The minimum absolute atomic E-state index is 0.633. The van der Waals surface area contributed by atoms with E-state index in [1.807, 2.05) is 0 Å². The Bertz CT molecular complexity index is 134. The molecule has 0 aromatic carbocycles. The van der Waals surface area contributed by atoms with Crippen molar-refractivity contribution in [2.24, 2.45) is 0 Å². The molecule has 2 rings (SSSR count). The highest BCUT2D eigenvalue weighted by Crippen LogP contribution is 2.30. The Morgan fingerprint density at radius 3 is 2.46 bits per heavy atom. The van der Waals surface area contributed by atoms with E-state index in [-0.39, 0.29) is 0 Å². The quantitative estimate of drug-likeness (QED) is 0.590. The summed E-state index contributed by atoms with van der Waals surface area (Å²) in [6.45, 7) is 1.01. The van der Waals surface area contributed by atoms with E-state index in [4.69, 9.17) is 4.74 Å². The van der Waals surface area contributed by atoms with Gasteiger partial charge in [0.2, 0.25) is 0 Å². The van der Waals surface area contributed by atoms with E-state index >= 15 is 0 Å². The predicted molar refractivity (Wildman–Crippen MR) is 54.5 cm³/mol. The summed E-state index contributed by atoms with van der Waals surface area (Å²) in [4.78, 5) is 0. The van der Waals surface area contributed by atoms with Gasteiger partial charge in [0, 0.05) is 6.61 Å². The van der Waals surface area contributed by atoms with Gasteiger partial charge in [-0.3, -0.25) is 0 Å². The van der Waals surface area contributed by atoms with Crippen LogP contribution in [0.1, 0.15) is 57.8 Å². The summed E-state index contributed by atoms with van der Waals surface area (Å²) in [5, 5.41) is 0. The maximum Gasteiger partial charge on any atom is 0.0575 e. The van der Waals surface area contributed by atoms with Crippen molar-refractivity contribution in [1.82, 2.24) is 0 Å². The lowest BCUT2D eigenvalue weighted by molar-refractivity contribution is 0.00101. The van der Waals surface area contributed by atoms with Crippen molar-refractivity contribution in [2.45, 2.75) is 63.9 Å². The molecular weight excluding hydrogens is 160 g/mol. The van der Waals surface area contributed by atoms with Crippen LogP contribution in [-0.2, 0) is 4.74 Å². The summed E-state index contributed by atoms with van der Waals surface area (Å²) >= 11 is 0. The average Bonchev–Trinajstić information content (AvgIpc) is 2.53. The third-order valence-corrected chi connectivity index (χ3v) is 3.39. The molecule has 0 saturated heterocycles. The number of hydrogen-bond acceptors (Lipinski definition) is 1. The molecule has 2 aliphatic rings. The standard InChI is InChI=1S/C12H21O/c1-2-6-11(5-1)7-4-10-13-12-8-3-9-12/h12H,1-10H2. The lowest BCUT2D eigenvalue weighted by atomic mass is 9.96. The normalized spacial score (nSPS) is 24.9. The number of rotatable bonds is 5. The first kappa shape index (κ1) is 9.51. The molecule has 0 atom stereocenters. The van der Waals surface area contributed by atoms with E-state index in [0.29, 0.717) is 6.10 Å². The molecule has 0 bridgehead atoms. The molecule has 0 aliphatic heterocycles. The van der Waals surface area contributed by atoms with Crippen LogP contribution in [0.2, 0.25) is 0 Å². The monoisotopic (exact) mass is 181 g/mol. The van der Waals surface area contributed by atoms with E-state index in [2.05, 4.69) is 0 Å². The van der Waals surface area contributed by atoms with Crippen LogP contribution in [0.15, 0.2) is 0 Å². The van der Waals surface area contributed by atoms with Crippen molar-refractivity contribution in [3.8, 4) is 0 Å². The lowest BCUT2D eigenvalue weighted by Gasteiger charge is -2.25. The van der Waals surface area contributed by atoms with Crippen LogP contribution in [0, 0.1) is 5.92 Å². The van der Waals surface area contributed by atoms with Gasteiger partial charge in [-0.25, -0.2) is 0 Å². The zero-order valence-electron chi connectivity index (χ0n) is 8.56. The van der Waals surface area contributed by atoms with E-state index in [9.17, 15) is 0 Å². The van der Waals surface area contributed by atoms with Crippen LogP contribution in [0.4, 0.5) is 0 Å². The van der Waals surface area contributed by atoms with Crippen LogP contribution >= 0.6 is 0 Å². The van der Waals surface area contributed by atoms with Gasteiger partial charge in [0.25, 0.3) is 0 Å². The average molecular weight is 181 g/mol. The van der Waals surface area contributed by atoms with Crippen LogP contribution in [0.25, 0.3) is 0 Å². The molecule has 0 heterocycles. The Morgan fingerprint density at radius 1 is 1.08 bits per heavy atom. The Morgan fingerprint density at radius 2 is 1.85 bits per heavy atom. The van der Waals surface area contributed by atoms with Crippen LogP contribution < -0.4 is 0 Å². The molecule has 2 fully saturated rings. The zero-order chi connectivity index (χ0) is 8.93. The van der Waals surface area contributed by atoms with Crippen molar-refractivity contribution < 1.29 is 4.74 Å². The molecule has 75 valence electrons. The molecule has 13 heavy (non-hydrogen) atoms. The second-order valence-corrected chi connectivity index (χ2v) is 4.48. The summed E-state index contributed by atoms with van der Waals surface area (Å²) in [7, 11) is 0. The molecule has 0 unspecified atom stereocenters. The first-order valence-corrected chi connectivity index (χ1v) is 5.90. The van der Waals surface area contributed by atoms with Gasteiger partial charge < -0.3 is 4.74 Å². The second kappa shape index (κ2) is 4.99. The predicted octanol–water partition coefficient (Wildman–Crippen LogP) is 3.48. The lowest BCUT2D eigenvalue weighted by Crippen LogP contribution is -2.21. The Kier molecular flexibility index (Phi) is 3.65. The largest absolute Gasteiger partial charge is 0.378 e. The van der Waals surface area contributed by atoms with Crippen molar-refractivity contribution in [3.63, 3.8) is 0 Å². The van der Waals surface area contributed by atoms with Gasteiger partial charge in [-0.05, 0) is 50.9 Å². The fourth-order valence-corrected chi connectivity index (χ4v) is 2.23. The Labute approximate surface area is 81.9 Å². The van der Waals surface area contributed by atoms with Gasteiger partial charge in [0.1, 0.15) is 0 Å². The SMILES string of the molecule is C1CC[C](CCCOC2CCC2)C1. The maximum absolute atomic E-state index is 5.72. The molecule has 0 aromatic heterocycles. The van der Waals surface area contributed by atoms with E-state index in [1.165, 1.54) is 57.8 Å². The van der Waals surface area contributed by atoms with E-state index in [0.717, 1.165) is 6.61 Å². The van der Waals surface area contributed by atoms with Crippen LogP contribution in [-0.4, -0.2) is 12.7 Å². The Hall–Kier alpha value is -0.0400. The molecule has 2 saturated carbocycles. The highest BCUT2D eigenvalue weighted by atomic mass is 16.5. The van der Waals surface area contributed by atoms with Gasteiger partial charge in [0.05, 0.1) is 6.10 Å². The first-order valence-electron chi connectivity index (χ1n) is 5.90. The van der Waals surface area contributed by atoms with E-state index < -0.39 is 0 Å². The third-order valence-electron chi connectivity index (χ3n) is 3.39. The molecule has 2 aliphatic carbocycles. The number of hydrogen-bond donors (Lipinski definition) is 0. The minimum atomic E-state index is 0.633. The van der Waals surface area contributed by atoms with Crippen molar-refractivity contribution in [3.05, 3.63) is 5.92 Å². The van der Waals surface area contributed by atoms with Gasteiger partial charge in [-0.15, -0.1) is 0 Å². The smallest absolute Gasteiger partial charge is 0.0575 e. The molecule has 0 aromatic rings. The van der Waals surface area contributed by atoms with Crippen molar-refractivity contribution in [1.29, 1.82) is 0 Å². The first-order chi connectivity index (χ1) is 6.45. The summed E-state index contributed by atoms with van der Waals surface area (Å²) in [6.07, 6.45) is 13.0. The highest BCUT2D eigenvalue weighted by Gasteiger charge is 2.18. The molecule has 1 radical (unpaired) electrons. The fourth-order valence-electron chi connectivity index (χ4n) is 2.23. The number of ether oxygens (including phenoxy) is 1. The van der Waals surface area contributed by atoms with E-state index in [1.54, 1.807) is 5.92 Å². The van der Waals surface area contributed by atoms with Gasteiger partial charge >= 0.3 is 0 Å². The summed E-state index contributed by atoms with van der Waals surface area (Å²) < 4.78 is 5.72.